The van der Waals surface area contributed by atoms with Crippen molar-refractivity contribution in [3.8, 4) is 0 Å². The molecule has 1 atom stereocenters. The SMILES string of the molecule is CC(N)c1ccc(C2CCCCC2)cc1.Cl. The van der Waals surface area contributed by atoms with E-state index in [4.69, 9.17) is 5.73 Å². The van der Waals surface area contributed by atoms with Gasteiger partial charge in [0, 0.05) is 6.04 Å². The Hall–Kier alpha value is -0.530. The van der Waals surface area contributed by atoms with Crippen molar-refractivity contribution >= 4 is 12.4 Å². The minimum absolute atomic E-state index is 0. The Morgan fingerprint density at radius 1 is 1.06 bits per heavy atom. The highest BCUT2D eigenvalue weighted by molar-refractivity contribution is 5.85. The number of rotatable bonds is 2. The first-order valence-corrected chi connectivity index (χ1v) is 6.13. The number of halogens is 1. The maximum Gasteiger partial charge on any atom is 0.0266 e. The Kier molecular flexibility index (Phi) is 5.30. The van der Waals surface area contributed by atoms with Gasteiger partial charge in [0.25, 0.3) is 0 Å². The minimum Gasteiger partial charge on any atom is -0.324 e. The van der Waals surface area contributed by atoms with Gasteiger partial charge >= 0.3 is 0 Å². The number of hydrogen-bond acceptors (Lipinski definition) is 1. The van der Waals surface area contributed by atoms with Crippen LogP contribution in [0.5, 0.6) is 0 Å². The van der Waals surface area contributed by atoms with Crippen LogP contribution in [0.1, 0.15) is 62.1 Å². The highest BCUT2D eigenvalue weighted by Crippen LogP contribution is 2.32. The van der Waals surface area contributed by atoms with Crippen LogP contribution in [0.3, 0.4) is 0 Å². The molecule has 2 N–H and O–H groups in total. The zero-order chi connectivity index (χ0) is 10.7. The van der Waals surface area contributed by atoms with Crippen LogP contribution in [-0.2, 0) is 0 Å². The summed E-state index contributed by atoms with van der Waals surface area (Å²) < 4.78 is 0. The van der Waals surface area contributed by atoms with E-state index in [0.29, 0.717) is 0 Å². The van der Waals surface area contributed by atoms with E-state index in [-0.39, 0.29) is 18.4 Å². The van der Waals surface area contributed by atoms with Crippen molar-refractivity contribution in [2.45, 2.75) is 51.0 Å². The van der Waals surface area contributed by atoms with E-state index in [9.17, 15) is 0 Å². The Balaban J connectivity index is 0.00000128. The van der Waals surface area contributed by atoms with Crippen molar-refractivity contribution in [1.82, 2.24) is 0 Å². The molecule has 0 bridgehead atoms. The van der Waals surface area contributed by atoms with E-state index in [1.165, 1.54) is 43.2 Å². The highest BCUT2D eigenvalue weighted by Gasteiger charge is 2.15. The maximum atomic E-state index is 5.84. The molecule has 0 amide bonds. The second-order valence-corrected chi connectivity index (χ2v) is 4.79. The van der Waals surface area contributed by atoms with Crippen LogP contribution in [0.25, 0.3) is 0 Å². The summed E-state index contributed by atoms with van der Waals surface area (Å²) in [7, 11) is 0. The van der Waals surface area contributed by atoms with Gasteiger partial charge in [0.05, 0.1) is 0 Å². The smallest absolute Gasteiger partial charge is 0.0266 e. The van der Waals surface area contributed by atoms with Gasteiger partial charge in [-0.05, 0) is 36.8 Å². The van der Waals surface area contributed by atoms with Gasteiger partial charge in [0.2, 0.25) is 0 Å². The highest BCUT2D eigenvalue weighted by atomic mass is 35.5. The summed E-state index contributed by atoms with van der Waals surface area (Å²) in [4.78, 5) is 0. The fourth-order valence-corrected chi connectivity index (χ4v) is 2.51. The van der Waals surface area contributed by atoms with E-state index in [0.717, 1.165) is 5.92 Å². The largest absolute Gasteiger partial charge is 0.324 e. The first-order valence-electron chi connectivity index (χ1n) is 6.13. The monoisotopic (exact) mass is 239 g/mol. The molecule has 2 heteroatoms. The van der Waals surface area contributed by atoms with Gasteiger partial charge in [-0.3, -0.25) is 0 Å². The van der Waals surface area contributed by atoms with Crippen molar-refractivity contribution in [2.75, 3.05) is 0 Å². The quantitative estimate of drug-likeness (QED) is 0.824. The molecule has 0 aliphatic heterocycles. The standard InChI is InChI=1S/C14H21N.ClH/c1-11(15)12-7-9-14(10-8-12)13-5-3-2-4-6-13;/h7-11,13H,2-6,15H2,1H3;1H. The predicted octanol–water partition coefficient (Wildman–Crippen LogP) is 4.18. The van der Waals surface area contributed by atoms with Crippen molar-refractivity contribution in [1.29, 1.82) is 0 Å². The van der Waals surface area contributed by atoms with Gasteiger partial charge in [0.1, 0.15) is 0 Å². The summed E-state index contributed by atoms with van der Waals surface area (Å²) in [5, 5.41) is 0. The van der Waals surface area contributed by atoms with Gasteiger partial charge in [0.15, 0.2) is 0 Å². The van der Waals surface area contributed by atoms with Crippen LogP contribution in [0.2, 0.25) is 0 Å². The van der Waals surface area contributed by atoms with Crippen molar-refractivity contribution < 1.29 is 0 Å². The first-order chi connectivity index (χ1) is 7.27. The molecule has 16 heavy (non-hydrogen) atoms. The third-order valence-electron chi connectivity index (χ3n) is 3.54. The molecule has 1 aromatic carbocycles. The van der Waals surface area contributed by atoms with Gasteiger partial charge < -0.3 is 5.73 Å². The minimum atomic E-state index is 0. The molecule has 0 radical (unpaired) electrons. The summed E-state index contributed by atoms with van der Waals surface area (Å²) in [5.41, 5.74) is 8.60. The van der Waals surface area contributed by atoms with Gasteiger partial charge in [-0.2, -0.15) is 0 Å². The van der Waals surface area contributed by atoms with Crippen LogP contribution in [0.4, 0.5) is 0 Å². The molecule has 0 saturated heterocycles. The third kappa shape index (κ3) is 3.23. The van der Waals surface area contributed by atoms with Gasteiger partial charge in [-0.1, -0.05) is 43.5 Å². The van der Waals surface area contributed by atoms with Crippen molar-refractivity contribution in [3.63, 3.8) is 0 Å². The zero-order valence-electron chi connectivity index (χ0n) is 9.99. The van der Waals surface area contributed by atoms with E-state index >= 15 is 0 Å². The Labute approximate surface area is 105 Å². The normalized spacial score (nSPS) is 18.9. The lowest BCUT2D eigenvalue weighted by Gasteiger charge is -2.22. The van der Waals surface area contributed by atoms with E-state index in [2.05, 4.69) is 24.3 Å². The second-order valence-electron chi connectivity index (χ2n) is 4.79. The Morgan fingerprint density at radius 3 is 2.12 bits per heavy atom. The molecule has 1 aromatic rings. The van der Waals surface area contributed by atoms with Gasteiger partial charge in [-0.15, -0.1) is 12.4 Å². The van der Waals surface area contributed by atoms with Crippen LogP contribution in [0, 0.1) is 0 Å². The topological polar surface area (TPSA) is 26.0 Å². The molecular weight excluding hydrogens is 218 g/mol. The molecule has 90 valence electrons. The molecule has 1 aliphatic rings. The van der Waals surface area contributed by atoms with E-state index < -0.39 is 0 Å². The zero-order valence-corrected chi connectivity index (χ0v) is 10.8. The molecule has 1 saturated carbocycles. The van der Waals surface area contributed by atoms with Crippen LogP contribution in [0.15, 0.2) is 24.3 Å². The summed E-state index contributed by atoms with van der Waals surface area (Å²) in [6, 6.07) is 9.08. The summed E-state index contributed by atoms with van der Waals surface area (Å²) in [5.74, 6) is 0.806. The first kappa shape index (κ1) is 13.5. The molecule has 1 unspecified atom stereocenters. The average Bonchev–Trinajstić information content (AvgIpc) is 2.30. The molecule has 0 spiro atoms. The maximum absolute atomic E-state index is 5.84. The predicted molar refractivity (Wildman–Crippen MR) is 72.1 cm³/mol. The molecule has 1 aliphatic carbocycles. The fraction of sp³-hybridized carbons (Fsp3) is 0.571. The van der Waals surface area contributed by atoms with E-state index in [1.54, 1.807) is 0 Å². The molecule has 1 nitrogen and oxygen atoms in total. The summed E-state index contributed by atoms with van der Waals surface area (Å²) in [6.07, 6.45) is 6.98. The van der Waals surface area contributed by atoms with Crippen LogP contribution < -0.4 is 5.73 Å². The van der Waals surface area contributed by atoms with E-state index in [1.807, 2.05) is 6.92 Å². The summed E-state index contributed by atoms with van der Waals surface area (Å²) >= 11 is 0. The lowest BCUT2D eigenvalue weighted by Crippen LogP contribution is -2.07. The van der Waals surface area contributed by atoms with Gasteiger partial charge in [-0.25, -0.2) is 0 Å². The second kappa shape index (κ2) is 6.27. The van der Waals surface area contributed by atoms with Crippen molar-refractivity contribution in [3.05, 3.63) is 35.4 Å². The lowest BCUT2D eigenvalue weighted by atomic mass is 9.84. The molecule has 2 rings (SSSR count). The number of benzene rings is 1. The number of hydrogen-bond donors (Lipinski definition) is 1. The fourth-order valence-electron chi connectivity index (χ4n) is 2.51. The molecule has 0 heterocycles. The Bertz CT molecular complexity index is 299. The number of nitrogens with two attached hydrogens (primary N) is 1. The summed E-state index contributed by atoms with van der Waals surface area (Å²) in [6.45, 7) is 2.04. The van der Waals surface area contributed by atoms with Crippen LogP contribution >= 0.6 is 12.4 Å². The van der Waals surface area contributed by atoms with Crippen LogP contribution in [-0.4, -0.2) is 0 Å². The van der Waals surface area contributed by atoms with Crippen molar-refractivity contribution in [2.24, 2.45) is 5.73 Å². The lowest BCUT2D eigenvalue weighted by molar-refractivity contribution is 0.443. The average molecular weight is 240 g/mol. The third-order valence-corrected chi connectivity index (χ3v) is 3.54. The molecular formula is C14H22ClN. The Morgan fingerprint density at radius 2 is 1.62 bits per heavy atom. The molecule has 1 fully saturated rings. The molecule has 0 aromatic heterocycles.